The summed E-state index contributed by atoms with van der Waals surface area (Å²) in [6.45, 7) is 1.91. The molecule has 2 N–H and O–H groups in total. The predicted octanol–water partition coefficient (Wildman–Crippen LogP) is 3.66. The molecule has 0 fully saturated rings. The monoisotopic (exact) mass is 298 g/mol. The number of carbonyl (C=O) groups is 1. The quantitative estimate of drug-likeness (QED) is 0.758. The number of para-hydroxylation sites is 1. The second kappa shape index (κ2) is 5.48. The molecule has 0 unspecified atom stereocenters. The lowest BCUT2D eigenvalue weighted by Gasteiger charge is -2.08. The summed E-state index contributed by atoms with van der Waals surface area (Å²) in [5.41, 5.74) is 2.51. The van der Waals surface area contributed by atoms with Crippen LogP contribution in [0.4, 0.5) is 20.6 Å². The van der Waals surface area contributed by atoms with Gasteiger partial charge in [0.05, 0.1) is 16.7 Å². The highest BCUT2D eigenvalue weighted by Crippen LogP contribution is 2.20. The largest absolute Gasteiger partial charge is 0.331 e. The zero-order valence-corrected chi connectivity index (χ0v) is 12.2. The molecule has 0 aliphatic heterocycles. The van der Waals surface area contributed by atoms with Gasteiger partial charge in [0.2, 0.25) is 0 Å². The highest BCUT2D eigenvalue weighted by molar-refractivity contribution is 6.00. The van der Waals surface area contributed by atoms with Gasteiger partial charge in [-0.15, -0.1) is 0 Å². The van der Waals surface area contributed by atoms with Crippen LogP contribution < -0.4 is 10.6 Å². The van der Waals surface area contributed by atoms with Crippen LogP contribution in [0, 0.1) is 12.7 Å². The SMILES string of the molecule is Cc1nc2cc(NC(=O)Nc3ccccc3F)ccc2n1C. The van der Waals surface area contributed by atoms with Crippen LogP contribution in [0.1, 0.15) is 5.82 Å². The van der Waals surface area contributed by atoms with Crippen LogP contribution in [0.25, 0.3) is 11.0 Å². The molecule has 22 heavy (non-hydrogen) atoms. The van der Waals surface area contributed by atoms with E-state index in [1.54, 1.807) is 24.3 Å². The van der Waals surface area contributed by atoms with Crippen LogP contribution in [0.3, 0.4) is 0 Å². The van der Waals surface area contributed by atoms with Gasteiger partial charge in [-0.1, -0.05) is 12.1 Å². The van der Waals surface area contributed by atoms with Gasteiger partial charge in [0.1, 0.15) is 11.6 Å². The lowest BCUT2D eigenvalue weighted by atomic mass is 10.2. The van der Waals surface area contributed by atoms with Crippen molar-refractivity contribution >= 4 is 28.4 Å². The first-order valence-corrected chi connectivity index (χ1v) is 6.80. The number of nitrogens with zero attached hydrogens (tertiary/aromatic N) is 2. The van der Waals surface area contributed by atoms with Gasteiger partial charge in [0.25, 0.3) is 0 Å². The van der Waals surface area contributed by atoms with Crippen LogP contribution in [-0.2, 0) is 7.05 Å². The van der Waals surface area contributed by atoms with Crippen molar-refractivity contribution in [1.82, 2.24) is 9.55 Å². The van der Waals surface area contributed by atoms with Crippen LogP contribution in [-0.4, -0.2) is 15.6 Å². The molecule has 0 bridgehead atoms. The summed E-state index contributed by atoms with van der Waals surface area (Å²) in [6, 6.07) is 11.0. The Morgan fingerprint density at radius 1 is 1.18 bits per heavy atom. The number of anilines is 2. The van der Waals surface area contributed by atoms with Crippen molar-refractivity contribution in [3.8, 4) is 0 Å². The third-order valence-corrected chi connectivity index (χ3v) is 3.48. The second-order valence-electron chi connectivity index (χ2n) is 4.98. The third kappa shape index (κ3) is 2.63. The molecule has 0 radical (unpaired) electrons. The molecule has 3 rings (SSSR count). The van der Waals surface area contributed by atoms with E-state index < -0.39 is 11.8 Å². The van der Waals surface area contributed by atoms with Crippen LogP contribution >= 0.6 is 0 Å². The topological polar surface area (TPSA) is 59.0 Å². The van der Waals surface area contributed by atoms with E-state index in [0.717, 1.165) is 16.9 Å². The Labute approximate surface area is 126 Å². The molecule has 1 heterocycles. The highest BCUT2D eigenvalue weighted by Gasteiger charge is 2.08. The summed E-state index contributed by atoms with van der Waals surface area (Å²) in [5.74, 6) is 0.413. The van der Waals surface area contributed by atoms with Crippen molar-refractivity contribution in [2.24, 2.45) is 7.05 Å². The molecule has 0 aliphatic carbocycles. The molecule has 3 aromatic rings. The van der Waals surface area contributed by atoms with E-state index in [0.29, 0.717) is 5.69 Å². The highest BCUT2D eigenvalue weighted by atomic mass is 19.1. The summed E-state index contributed by atoms with van der Waals surface area (Å²) in [7, 11) is 1.93. The van der Waals surface area contributed by atoms with Crippen LogP contribution in [0.5, 0.6) is 0 Å². The average molecular weight is 298 g/mol. The maximum atomic E-state index is 13.5. The summed E-state index contributed by atoms with van der Waals surface area (Å²) >= 11 is 0. The summed E-state index contributed by atoms with van der Waals surface area (Å²) < 4.78 is 15.5. The van der Waals surface area contributed by atoms with Crippen LogP contribution in [0.15, 0.2) is 42.5 Å². The van der Waals surface area contributed by atoms with E-state index in [4.69, 9.17) is 0 Å². The number of fused-ring (bicyclic) bond motifs is 1. The fraction of sp³-hybridized carbons (Fsp3) is 0.125. The lowest BCUT2D eigenvalue weighted by molar-refractivity contribution is 0.262. The minimum absolute atomic E-state index is 0.134. The zero-order chi connectivity index (χ0) is 15.7. The fourth-order valence-corrected chi connectivity index (χ4v) is 2.25. The van der Waals surface area contributed by atoms with Crippen molar-refractivity contribution in [3.05, 3.63) is 54.1 Å². The number of urea groups is 1. The molecule has 6 heteroatoms. The fourth-order valence-electron chi connectivity index (χ4n) is 2.25. The molecular formula is C16H15FN4O. The van der Waals surface area contributed by atoms with Gasteiger partial charge >= 0.3 is 6.03 Å². The van der Waals surface area contributed by atoms with Crippen molar-refractivity contribution in [1.29, 1.82) is 0 Å². The number of nitrogens with one attached hydrogen (secondary N) is 2. The van der Waals surface area contributed by atoms with E-state index in [9.17, 15) is 9.18 Å². The summed E-state index contributed by atoms with van der Waals surface area (Å²) in [6.07, 6.45) is 0. The summed E-state index contributed by atoms with van der Waals surface area (Å²) in [4.78, 5) is 16.3. The molecule has 112 valence electrons. The van der Waals surface area contributed by atoms with Crippen molar-refractivity contribution < 1.29 is 9.18 Å². The van der Waals surface area contributed by atoms with Crippen LogP contribution in [0.2, 0.25) is 0 Å². The number of benzene rings is 2. The number of aromatic nitrogens is 2. The van der Waals surface area contributed by atoms with Crippen molar-refractivity contribution in [3.63, 3.8) is 0 Å². The number of rotatable bonds is 2. The van der Waals surface area contributed by atoms with E-state index in [-0.39, 0.29) is 5.69 Å². The van der Waals surface area contributed by atoms with Gasteiger partial charge in [-0.05, 0) is 37.3 Å². The van der Waals surface area contributed by atoms with Crippen molar-refractivity contribution in [2.45, 2.75) is 6.92 Å². The third-order valence-electron chi connectivity index (χ3n) is 3.48. The minimum Gasteiger partial charge on any atom is -0.331 e. The molecule has 0 aliphatic rings. The Morgan fingerprint density at radius 3 is 2.73 bits per heavy atom. The van der Waals surface area contributed by atoms with E-state index >= 15 is 0 Å². The number of amides is 2. The lowest BCUT2D eigenvalue weighted by Crippen LogP contribution is -2.20. The normalized spacial score (nSPS) is 10.7. The molecule has 5 nitrogen and oxygen atoms in total. The first-order chi connectivity index (χ1) is 10.5. The number of halogens is 1. The summed E-state index contributed by atoms with van der Waals surface area (Å²) in [5, 5.41) is 5.15. The minimum atomic E-state index is -0.503. The second-order valence-corrected chi connectivity index (χ2v) is 4.98. The predicted molar refractivity (Wildman–Crippen MR) is 84.5 cm³/mol. The standard InChI is InChI=1S/C16H15FN4O/c1-10-18-14-9-11(7-8-15(14)21(10)2)19-16(22)20-13-6-4-3-5-12(13)17/h3-9H,1-2H3,(H2,19,20,22). The molecule has 0 saturated heterocycles. The Kier molecular flexibility index (Phi) is 3.50. The molecular weight excluding hydrogens is 283 g/mol. The zero-order valence-electron chi connectivity index (χ0n) is 12.2. The number of imidazole rings is 1. The van der Waals surface area contributed by atoms with Gasteiger partial charge in [0, 0.05) is 12.7 Å². The van der Waals surface area contributed by atoms with Gasteiger partial charge in [0.15, 0.2) is 0 Å². The van der Waals surface area contributed by atoms with E-state index in [1.807, 2.05) is 24.6 Å². The van der Waals surface area contributed by atoms with E-state index in [1.165, 1.54) is 12.1 Å². The Hall–Kier alpha value is -2.89. The number of hydrogen-bond acceptors (Lipinski definition) is 2. The number of aryl methyl sites for hydroxylation is 2. The maximum absolute atomic E-state index is 13.5. The van der Waals surface area contributed by atoms with E-state index in [2.05, 4.69) is 15.6 Å². The maximum Gasteiger partial charge on any atom is 0.323 e. The Morgan fingerprint density at radius 2 is 1.95 bits per heavy atom. The van der Waals surface area contributed by atoms with Gasteiger partial charge in [-0.2, -0.15) is 0 Å². The molecule has 2 amide bonds. The molecule has 0 saturated carbocycles. The molecule has 1 aromatic heterocycles. The number of carbonyl (C=O) groups excluding carboxylic acids is 1. The Balaban J connectivity index is 1.78. The first-order valence-electron chi connectivity index (χ1n) is 6.80. The smallest absolute Gasteiger partial charge is 0.323 e. The number of hydrogen-bond donors (Lipinski definition) is 2. The molecule has 0 spiro atoms. The molecule has 2 aromatic carbocycles. The van der Waals surface area contributed by atoms with Gasteiger partial charge in [-0.25, -0.2) is 14.2 Å². The first kappa shape index (κ1) is 14.1. The van der Waals surface area contributed by atoms with Gasteiger partial charge in [-0.3, -0.25) is 0 Å². The van der Waals surface area contributed by atoms with Crippen molar-refractivity contribution in [2.75, 3.05) is 10.6 Å². The Bertz CT molecular complexity index is 856. The molecule has 0 atom stereocenters. The average Bonchev–Trinajstić information content (AvgIpc) is 2.76. The van der Waals surface area contributed by atoms with Gasteiger partial charge < -0.3 is 15.2 Å².